The van der Waals surface area contributed by atoms with Gasteiger partial charge in [0.2, 0.25) is 0 Å². The van der Waals surface area contributed by atoms with Crippen molar-refractivity contribution in [2.75, 3.05) is 25.2 Å². The number of benzene rings is 2. The summed E-state index contributed by atoms with van der Waals surface area (Å²) >= 11 is 0. The Morgan fingerprint density at radius 1 is 1.09 bits per heavy atom. The Kier molecular flexibility index (Phi) is 4.28. The Labute approximate surface area is 134 Å². The van der Waals surface area contributed by atoms with Crippen LogP contribution in [0.25, 0.3) is 0 Å². The van der Waals surface area contributed by atoms with Crippen LogP contribution in [0.3, 0.4) is 0 Å². The Balaban J connectivity index is 1.60. The van der Waals surface area contributed by atoms with Gasteiger partial charge < -0.3 is 14.4 Å². The number of fused-ring (bicyclic) bond motifs is 1. The molecule has 0 atom stereocenters. The number of ether oxygens (including phenoxy) is 2. The van der Waals surface area contributed by atoms with Crippen molar-refractivity contribution in [3.63, 3.8) is 0 Å². The number of rotatable bonds is 4. The van der Waals surface area contributed by atoms with Crippen molar-refractivity contribution in [2.24, 2.45) is 0 Å². The van der Waals surface area contributed by atoms with Gasteiger partial charge in [0.1, 0.15) is 5.75 Å². The van der Waals surface area contributed by atoms with E-state index in [0.29, 0.717) is 17.9 Å². The average Bonchev–Trinajstić information content (AvgIpc) is 3.03. The van der Waals surface area contributed by atoms with Crippen molar-refractivity contribution in [2.45, 2.75) is 6.42 Å². The topological polar surface area (TPSA) is 55.8 Å². The lowest BCUT2D eigenvalue weighted by Gasteiger charge is -2.17. The van der Waals surface area contributed by atoms with Crippen molar-refractivity contribution in [3.8, 4) is 5.75 Å². The smallest absolute Gasteiger partial charge is 0.338 e. The summed E-state index contributed by atoms with van der Waals surface area (Å²) in [4.78, 5) is 25.9. The molecule has 1 aliphatic heterocycles. The number of para-hydroxylation sites is 1. The molecule has 1 amide bonds. The Morgan fingerprint density at radius 2 is 1.83 bits per heavy atom. The Morgan fingerprint density at radius 3 is 2.57 bits per heavy atom. The van der Waals surface area contributed by atoms with Gasteiger partial charge >= 0.3 is 5.97 Å². The molecule has 0 saturated carbocycles. The molecule has 2 aromatic carbocycles. The highest BCUT2D eigenvalue weighted by molar-refractivity contribution is 5.98. The first-order valence-electron chi connectivity index (χ1n) is 7.38. The third-order valence-electron chi connectivity index (χ3n) is 3.84. The highest BCUT2D eigenvalue weighted by atomic mass is 16.5. The molecule has 0 aromatic heterocycles. The highest BCUT2D eigenvalue weighted by Crippen LogP contribution is 2.27. The summed E-state index contributed by atoms with van der Waals surface area (Å²) < 4.78 is 10.2. The van der Waals surface area contributed by atoms with Crippen LogP contribution in [0.1, 0.15) is 15.9 Å². The van der Waals surface area contributed by atoms with E-state index >= 15 is 0 Å². The monoisotopic (exact) mass is 311 g/mol. The molecule has 23 heavy (non-hydrogen) atoms. The summed E-state index contributed by atoms with van der Waals surface area (Å²) in [5.74, 6) is -0.0726. The fraction of sp³-hybridized carbons (Fsp3) is 0.222. The number of esters is 1. The first kappa shape index (κ1) is 15.1. The summed E-state index contributed by atoms with van der Waals surface area (Å²) in [6.07, 6.45) is 0.828. The molecule has 5 nitrogen and oxygen atoms in total. The standard InChI is InChI=1S/C18H17NO4/c1-22-15-8-6-14(7-9-15)18(21)23-12-17(20)19-11-10-13-4-2-3-5-16(13)19/h2-9H,10-12H2,1H3. The molecule has 1 heterocycles. The minimum atomic E-state index is -0.520. The van der Waals surface area contributed by atoms with Crippen LogP contribution in [0.2, 0.25) is 0 Å². The second kappa shape index (κ2) is 6.52. The van der Waals surface area contributed by atoms with Gasteiger partial charge in [-0.2, -0.15) is 0 Å². The number of amides is 1. The van der Waals surface area contributed by atoms with E-state index in [1.165, 1.54) is 0 Å². The third kappa shape index (κ3) is 3.18. The van der Waals surface area contributed by atoms with E-state index in [9.17, 15) is 9.59 Å². The van der Waals surface area contributed by atoms with E-state index in [-0.39, 0.29) is 12.5 Å². The van der Waals surface area contributed by atoms with E-state index < -0.39 is 5.97 Å². The minimum Gasteiger partial charge on any atom is -0.497 e. The number of carbonyl (C=O) groups is 2. The van der Waals surface area contributed by atoms with Crippen LogP contribution in [0.15, 0.2) is 48.5 Å². The highest BCUT2D eigenvalue weighted by Gasteiger charge is 2.24. The molecule has 118 valence electrons. The normalized spacial score (nSPS) is 12.7. The molecule has 1 aliphatic rings. The van der Waals surface area contributed by atoms with Crippen LogP contribution in [-0.4, -0.2) is 32.1 Å². The molecule has 0 saturated heterocycles. The first-order valence-corrected chi connectivity index (χ1v) is 7.38. The average molecular weight is 311 g/mol. The van der Waals surface area contributed by atoms with E-state index in [0.717, 1.165) is 17.7 Å². The van der Waals surface area contributed by atoms with Crippen LogP contribution in [0, 0.1) is 0 Å². The van der Waals surface area contributed by atoms with Gasteiger partial charge in [-0.15, -0.1) is 0 Å². The lowest BCUT2D eigenvalue weighted by Crippen LogP contribution is -2.33. The summed E-state index contributed by atoms with van der Waals surface area (Å²) in [5.41, 5.74) is 2.43. The number of nitrogens with zero attached hydrogens (tertiary/aromatic N) is 1. The largest absolute Gasteiger partial charge is 0.497 e. The van der Waals surface area contributed by atoms with Crippen LogP contribution in [-0.2, 0) is 16.0 Å². The molecule has 0 fully saturated rings. The minimum absolute atomic E-state index is 0.211. The van der Waals surface area contributed by atoms with Crippen molar-refractivity contribution in [1.29, 1.82) is 0 Å². The first-order chi connectivity index (χ1) is 11.2. The van der Waals surface area contributed by atoms with E-state index in [2.05, 4.69) is 0 Å². The van der Waals surface area contributed by atoms with Gasteiger partial charge in [0, 0.05) is 12.2 Å². The van der Waals surface area contributed by atoms with Gasteiger partial charge in [0.15, 0.2) is 6.61 Å². The molecule has 0 bridgehead atoms. The molecule has 0 spiro atoms. The summed E-state index contributed by atoms with van der Waals surface area (Å²) in [6, 6.07) is 14.3. The lowest BCUT2D eigenvalue weighted by atomic mass is 10.2. The van der Waals surface area contributed by atoms with Gasteiger partial charge in [0.05, 0.1) is 12.7 Å². The molecular formula is C18H17NO4. The maximum atomic E-state index is 12.3. The van der Waals surface area contributed by atoms with Gasteiger partial charge in [-0.3, -0.25) is 4.79 Å². The van der Waals surface area contributed by atoms with Crippen molar-refractivity contribution in [1.82, 2.24) is 0 Å². The molecule has 3 rings (SSSR count). The van der Waals surface area contributed by atoms with Crippen molar-refractivity contribution < 1.29 is 19.1 Å². The molecule has 2 aromatic rings. The fourth-order valence-corrected chi connectivity index (χ4v) is 2.61. The number of carbonyl (C=O) groups excluding carboxylic acids is 2. The SMILES string of the molecule is COc1ccc(C(=O)OCC(=O)N2CCc3ccccc32)cc1. The number of hydrogen-bond acceptors (Lipinski definition) is 4. The van der Waals surface area contributed by atoms with Crippen molar-refractivity contribution in [3.05, 3.63) is 59.7 Å². The van der Waals surface area contributed by atoms with Gasteiger partial charge in [-0.05, 0) is 42.3 Å². The molecule has 5 heteroatoms. The molecule has 0 radical (unpaired) electrons. The third-order valence-corrected chi connectivity index (χ3v) is 3.84. The van der Waals surface area contributed by atoms with Gasteiger partial charge in [-0.25, -0.2) is 4.79 Å². The summed E-state index contributed by atoms with van der Waals surface area (Å²) in [7, 11) is 1.56. The Bertz CT molecular complexity index is 724. The molecular weight excluding hydrogens is 294 g/mol. The second-order valence-corrected chi connectivity index (χ2v) is 5.23. The van der Waals surface area contributed by atoms with Crippen LogP contribution >= 0.6 is 0 Å². The maximum Gasteiger partial charge on any atom is 0.338 e. The quantitative estimate of drug-likeness (QED) is 0.814. The molecule has 0 aliphatic carbocycles. The summed E-state index contributed by atoms with van der Waals surface area (Å²) in [5, 5.41) is 0. The van der Waals surface area contributed by atoms with Crippen LogP contribution < -0.4 is 9.64 Å². The van der Waals surface area contributed by atoms with E-state index in [1.807, 2.05) is 24.3 Å². The zero-order chi connectivity index (χ0) is 16.2. The second-order valence-electron chi connectivity index (χ2n) is 5.23. The van der Waals surface area contributed by atoms with Gasteiger partial charge in [-0.1, -0.05) is 18.2 Å². The molecule has 0 N–H and O–H groups in total. The zero-order valence-corrected chi connectivity index (χ0v) is 12.8. The Hall–Kier alpha value is -2.82. The van der Waals surface area contributed by atoms with E-state index in [1.54, 1.807) is 36.3 Å². The molecule has 0 unspecified atom stereocenters. The number of hydrogen-bond donors (Lipinski definition) is 0. The van der Waals surface area contributed by atoms with Gasteiger partial charge in [0.25, 0.3) is 5.91 Å². The van der Waals surface area contributed by atoms with Crippen molar-refractivity contribution >= 4 is 17.6 Å². The predicted octanol–water partition coefficient (Wildman–Crippen LogP) is 2.44. The lowest BCUT2D eigenvalue weighted by molar-refractivity contribution is -0.121. The van der Waals surface area contributed by atoms with Crippen LogP contribution in [0.4, 0.5) is 5.69 Å². The summed E-state index contributed by atoms with van der Waals surface area (Å²) in [6.45, 7) is 0.359. The fourth-order valence-electron chi connectivity index (χ4n) is 2.61. The number of anilines is 1. The predicted molar refractivity (Wildman–Crippen MR) is 85.8 cm³/mol. The number of methoxy groups -OCH3 is 1. The zero-order valence-electron chi connectivity index (χ0n) is 12.8. The van der Waals surface area contributed by atoms with E-state index in [4.69, 9.17) is 9.47 Å². The maximum absolute atomic E-state index is 12.3. The van der Waals surface area contributed by atoms with Crippen LogP contribution in [0.5, 0.6) is 5.75 Å².